The highest BCUT2D eigenvalue weighted by Gasteiger charge is 2.13. The number of allylic oxidation sites excluding steroid dienone is 1. The number of aryl methyl sites for hydroxylation is 1. The second kappa shape index (κ2) is 11.7. The number of benzene rings is 1. The zero-order chi connectivity index (χ0) is 24.5. The van der Waals surface area contributed by atoms with Gasteiger partial charge in [0.15, 0.2) is 5.82 Å². The van der Waals surface area contributed by atoms with Gasteiger partial charge >= 0.3 is 0 Å². The van der Waals surface area contributed by atoms with Gasteiger partial charge < -0.3 is 16.4 Å². The summed E-state index contributed by atoms with van der Waals surface area (Å²) in [5.74, 6) is -1.26. The zero-order valence-electron chi connectivity index (χ0n) is 18.9. The summed E-state index contributed by atoms with van der Waals surface area (Å²) in [4.78, 5) is 33.4. The lowest BCUT2D eigenvalue weighted by Gasteiger charge is -2.13. The van der Waals surface area contributed by atoms with Crippen LogP contribution in [0.1, 0.15) is 25.1 Å². The Morgan fingerprint density at radius 2 is 2.09 bits per heavy atom. The van der Waals surface area contributed by atoms with Gasteiger partial charge in [-0.3, -0.25) is 14.2 Å². The predicted molar refractivity (Wildman–Crippen MR) is 125 cm³/mol. The lowest BCUT2D eigenvalue weighted by Crippen LogP contribution is -2.36. The summed E-state index contributed by atoms with van der Waals surface area (Å²) in [6.07, 6.45) is 3.41. The topological polar surface area (TPSA) is 114 Å². The molecular weight excluding hydrogens is 430 g/mol. The maximum Gasteiger partial charge on any atom is 0.293 e. The number of carbonyl (C=O) groups is 1. The predicted octanol–water partition coefficient (Wildman–Crippen LogP) is 2.44. The largest absolute Gasteiger partial charge is 0.384 e. The van der Waals surface area contributed by atoms with Crippen LogP contribution in [0.5, 0.6) is 0 Å². The highest BCUT2D eigenvalue weighted by Crippen LogP contribution is 2.10. The third-order valence-electron chi connectivity index (χ3n) is 4.85. The molecule has 0 radical (unpaired) electrons. The minimum absolute atomic E-state index is 0.0174. The van der Waals surface area contributed by atoms with Crippen molar-refractivity contribution in [2.45, 2.75) is 33.7 Å². The van der Waals surface area contributed by atoms with Crippen LogP contribution in [0.3, 0.4) is 0 Å². The van der Waals surface area contributed by atoms with Crippen molar-refractivity contribution in [1.82, 2.24) is 14.9 Å². The molecule has 0 atom stereocenters. The maximum absolute atomic E-state index is 13.8. The number of nitrogens with two attached hydrogens (primary N) is 1. The number of halogens is 2. The van der Waals surface area contributed by atoms with Crippen LogP contribution in [0.2, 0.25) is 0 Å². The molecule has 0 aliphatic carbocycles. The first kappa shape index (κ1) is 25.4. The van der Waals surface area contributed by atoms with Crippen molar-refractivity contribution in [1.29, 1.82) is 0 Å². The number of nitrogens with one attached hydrogen (secondary N) is 2. The molecule has 1 aromatic heterocycles. The Hall–Kier alpha value is -3.82. The van der Waals surface area contributed by atoms with Crippen LogP contribution in [0.15, 0.2) is 58.2 Å². The van der Waals surface area contributed by atoms with E-state index in [0.29, 0.717) is 11.4 Å². The van der Waals surface area contributed by atoms with E-state index in [1.807, 2.05) is 6.92 Å². The number of amides is 1. The Balaban J connectivity index is 2.03. The number of rotatable bonds is 10. The molecule has 0 fully saturated rings. The van der Waals surface area contributed by atoms with Crippen molar-refractivity contribution in [2.24, 2.45) is 10.7 Å². The number of aromatic nitrogens is 2. The highest BCUT2D eigenvalue weighted by atomic mass is 19.1. The molecular formula is C23H28F2N6O2. The number of anilines is 1. The van der Waals surface area contributed by atoms with Gasteiger partial charge in [-0.25, -0.2) is 18.8 Å². The van der Waals surface area contributed by atoms with Gasteiger partial charge in [-0.05, 0) is 56.5 Å². The van der Waals surface area contributed by atoms with Crippen LogP contribution in [0.4, 0.5) is 14.6 Å². The zero-order valence-corrected chi connectivity index (χ0v) is 18.9. The molecule has 0 aliphatic heterocycles. The number of nitrogens with zero attached hydrogens (tertiary/aromatic N) is 3. The van der Waals surface area contributed by atoms with E-state index in [2.05, 4.69) is 27.2 Å². The van der Waals surface area contributed by atoms with E-state index in [1.54, 1.807) is 19.9 Å². The summed E-state index contributed by atoms with van der Waals surface area (Å²) >= 11 is 0. The van der Waals surface area contributed by atoms with Crippen molar-refractivity contribution in [3.63, 3.8) is 0 Å². The monoisotopic (exact) mass is 458 g/mol. The van der Waals surface area contributed by atoms with E-state index in [9.17, 15) is 18.4 Å². The lowest BCUT2D eigenvalue weighted by atomic mass is 10.1. The van der Waals surface area contributed by atoms with Crippen molar-refractivity contribution in [3.05, 3.63) is 81.7 Å². The molecule has 8 nitrogen and oxygen atoms in total. The van der Waals surface area contributed by atoms with Crippen LogP contribution >= 0.6 is 0 Å². The summed E-state index contributed by atoms with van der Waals surface area (Å²) < 4.78 is 28.3. The Labute approximate surface area is 190 Å². The average molecular weight is 459 g/mol. The van der Waals surface area contributed by atoms with Crippen LogP contribution in [0, 0.1) is 18.6 Å². The normalized spacial score (nSPS) is 11.9. The molecule has 0 saturated heterocycles. The fraction of sp³-hybridized carbons (Fsp3) is 0.304. The molecule has 1 amide bonds. The summed E-state index contributed by atoms with van der Waals surface area (Å²) in [5.41, 5.74) is 7.08. The number of carbonyl (C=O) groups excluding carboxylic acids is 1. The number of aliphatic imine (C=N–C) groups is 1. The van der Waals surface area contributed by atoms with E-state index >= 15 is 0 Å². The molecule has 2 aromatic rings. The molecule has 176 valence electrons. The first-order chi connectivity index (χ1) is 15.6. The smallest absolute Gasteiger partial charge is 0.293 e. The Morgan fingerprint density at radius 3 is 2.76 bits per heavy atom. The summed E-state index contributed by atoms with van der Waals surface area (Å²) in [5, 5.41) is 5.58. The van der Waals surface area contributed by atoms with E-state index in [4.69, 9.17) is 5.73 Å². The van der Waals surface area contributed by atoms with Crippen molar-refractivity contribution in [3.8, 4) is 0 Å². The van der Waals surface area contributed by atoms with E-state index in [-0.39, 0.29) is 49.2 Å². The standard InChI is InChI=1S/C23H28F2N6O2/c1-5-17(15(3)30-16(4)26)12-28-21(32)13-31-14(2)11-29-22(23(31)33)27-9-8-18-10-19(24)6-7-20(18)25/h5-7,10-11H,4,8-9,12-13,26H2,1-3H3,(H,27,29)(H,28,32)/b17-5-,30-15?. The number of hydrogen-bond acceptors (Lipinski definition) is 6. The molecule has 4 N–H and O–H groups in total. The van der Waals surface area contributed by atoms with Gasteiger partial charge in [0.2, 0.25) is 5.91 Å². The van der Waals surface area contributed by atoms with Gasteiger partial charge in [-0.2, -0.15) is 0 Å². The third kappa shape index (κ3) is 7.37. The number of hydrogen-bond donors (Lipinski definition) is 3. The lowest BCUT2D eigenvalue weighted by molar-refractivity contribution is -0.121. The quantitative estimate of drug-likeness (QED) is 0.473. The molecule has 2 rings (SSSR count). The Bertz CT molecular complexity index is 1150. The maximum atomic E-state index is 13.8. The first-order valence-electron chi connectivity index (χ1n) is 10.3. The average Bonchev–Trinajstić information content (AvgIpc) is 2.75. The van der Waals surface area contributed by atoms with Crippen molar-refractivity contribution >= 4 is 17.4 Å². The van der Waals surface area contributed by atoms with Gasteiger partial charge in [-0.1, -0.05) is 12.7 Å². The minimum Gasteiger partial charge on any atom is -0.384 e. The molecule has 0 bridgehead atoms. The minimum atomic E-state index is -0.538. The molecule has 0 aliphatic rings. The molecule has 1 aromatic carbocycles. The molecule has 0 saturated carbocycles. The fourth-order valence-electron chi connectivity index (χ4n) is 3.06. The summed E-state index contributed by atoms with van der Waals surface area (Å²) in [6.45, 7) is 8.91. The molecule has 0 spiro atoms. The third-order valence-corrected chi connectivity index (χ3v) is 4.85. The van der Waals surface area contributed by atoms with Gasteiger partial charge in [0, 0.05) is 30.7 Å². The van der Waals surface area contributed by atoms with Gasteiger partial charge in [0.25, 0.3) is 5.56 Å². The Morgan fingerprint density at radius 1 is 1.36 bits per heavy atom. The second-order valence-electron chi connectivity index (χ2n) is 7.33. The first-order valence-corrected chi connectivity index (χ1v) is 10.3. The molecule has 10 heteroatoms. The van der Waals surface area contributed by atoms with Crippen LogP contribution in [-0.4, -0.2) is 34.3 Å². The summed E-state index contributed by atoms with van der Waals surface area (Å²) in [7, 11) is 0. The molecule has 33 heavy (non-hydrogen) atoms. The van der Waals surface area contributed by atoms with Gasteiger partial charge in [-0.15, -0.1) is 0 Å². The van der Waals surface area contributed by atoms with E-state index in [1.165, 1.54) is 10.8 Å². The SMILES string of the molecule is C=C(N)N=C(C)/C(=C\C)CNC(=O)Cn1c(C)cnc(NCCc2cc(F)ccc2F)c1=O. The highest BCUT2D eigenvalue weighted by molar-refractivity contribution is 5.99. The molecule has 1 heterocycles. The summed E-state index contributed by atoms with van der Waals surface area (Å²) in [6, 6.07) is 3.20. The van der Waals surface area contributed by atoms with Crippen LogP contribution in [0.25, 0.3) is 0 Å². The van der Waals surface area contributed by atoms with Crippen LogP contribution < -0.4 is 21.9 Å². The Kier molecular flexibility index (Phi) is 9.02. The van der Waals surface area contributed by atoms with Gasteiger partial charge in [0.05, 0.1) is 0 Å². The van der Waals surface area contributed by atoms with E-state index < -0.39 is 17.2 Å². The van der Waals surface area contributed by atoms with Crippen molar-refractivity contribution < 1.29 is 13.6 Å². The van der Waals surface area contributed by atoms with Crippen LogP contribution in [-0.2, 0) is 17.8 Å². The van der Waals surface area contributed by atoms with Crippen molar-refractivity contribution in [2.75, 3.05) is 18.4 Å². The van der Waals surface area contributed by atoms with Gasteiger partial charge in [0.1, 0.15) is 24.0 Å². The fourth-order valence-corrected chi connectivity index (χ4v) is 3.06. The second-order valence-corrected chi connectivity index (χ2v) is 7.33. The van der Waals surface area contributed by atoms with E-state index in [0.717, 1.165) is 23.8 Å². The molecule has 0 unspecified atom stereocenters.